The lowest BCUT2D eigenvalue weighted by Gasteiger charge is -2.12. The molecule has 1 aliphatic rings. The number of carbonyl (C=O) groups excluding carboxylic acids is 2. The Morgan fingerprint density at radius 1 is 1.15 bits per heavy atom. The Labute approximate surface area is 118 Å². The molecule has 0 atom stereocenters. The zero-order chi connectivity index (χ0) is 14.9. The topological polar surface area (TPSA) is 92.5 Å². The lowest BCUT2D eigenvalue weighted by Crippen LogP contribution is -2.26. The Morgan fingerprint density at radius 3 is 2.25 bits per heavy atom. The molecule has 7 nitrogen and oxygen atoms in total. The molecule has 1 N–H and O–H groups in total. The molecule has 104 valence electrons. The zero-order valence-corrected chi connectivity index (χ0v) is 11.6. The standard InChI is InChI=1S/C12H11N3O4S/c1-14(2)9-10(12(17)13-11(9)16)20-8-5-3-7(4-6-8)15(18)19/h3-6H,1-2H3,(H,13,16,17). The van der Waals surface area contributed by atoms with E-state index in [2.05, 4.69) is 5.32 Å². The molecule has 1 heterocycles. The van der Waals surface area contributed by atoms with Crippen molar-refractivity contribution in [3.05, 3.63) is 45.0 Å². The molecule has 0 unspecified atom stereocenters. The average molecular weight is 293 g/mol. The number of amides is 2. The largest absolute Gasteiger partial charge is 0.372 e. The van der Waals surface area contributed by atoms with Crippen molar-refractivity contribution in [1.29, 1.82) is 0 Å². The highest BCUT2D eigenvalue weighted by molar-refractivity contribution is 8.04. The predicted molar refractivity (Wildman–Crippen MR) is 72.8 cm³/mol. The third-order valence-electron chi connectivity index (χ3n) is 2.58. The van der Waals surface area contributed by atoms with Gasteiger partial charge in [-0.2, -0.15) is 0 Å². The van der Waals surface area contributed by atoms with Crippen LogP contribution in [0.15, 0.2) is 39.8 Å². The molecular weight excluding hydrogens is 282 g/mol. The van der Waals surface area contributed by atoms with Gasteiger partial charge in [-0.15, -0.1) is 0 Å². The van der Waals surface area contributed by atoms with Crippen molar-refractivity contribution in [3.8, 4) is 0 Å². The molecule has 2 amide bonds. The number of thioether (sulfide) groups is 1. The third kappa shape index (κ3) is 2.64. The molecule has 0 bridgehead atoms. The van der Waals surface area contributed by atoms with Crippen LogP contribution in [0.4, 0.5) is 5.69 Å². The molecule has 0 radical (unpaired) electrons. The van der Waals surface area contributed by atoms with E-state index in [0.29, 0.717) is 10.6 Å². The van der Waals surface area contributed by atoms with E-state index in [4.69, 9.17) is 0 Å². The third-order valence-corrected chi connectivity index (χ3v) is 3.67. The first-order valence-electron chi connectivity index (χ1n) is 5.59. The summed E-state index contributed by atoms with van der Waals surface area (Å²) in [7, 11) is 3.34. The van der Waals surface area contributed by atoms with Gasteiger partial charge in [0.1, 0.15) is 10.6 Å². The van der Waals surface area contributed by atoms with Gasteiger partial charge < -0.3 is 4.90 Å². The number of non-ortho nitro benzene ring substituents is 1. The van der Waals surface area contributed by atoms with Crippen molar-refractivity contribution >= 4 is 29.3 Å². The van der Waals surface area contributed by atoms with Gasteiger partial charge >= 0.3 is 0 Å². The molecule has 1 aliphatic heterocycles. The lowest BCUT2D eigenvalue weighted by atomic mass is 10.3. The van der Waals surface area contributed by atoms with Crippen LogP contribution in [0.25, 0.3) is 0 Å². The number of likely N-dealkylation sites (N-methyl/N-ethyl adjacent to an activating group) is 1. The van der Waals surface area contributed by atoms with Gasteiger partial charge in [0.15, 0.2) is 0 Å². The fourth-order valence-electron chi connectivity index (χ4n) is 1.68. The van der Waals surface area contributed by atoms with Crippen molar-refractivity contribution < 1.29 is 14.5 Å². The number of nitrogens with zero attached hydrogens (tertiary/aromatic N) is 2. The van der Waals surface area contributed by atoms with Gasteiger partial charge in [-0.25, -0.2) is 0 Å². The van der Waals surface area contributed by atoms with Crippen LogP contribution in [0.2, 0.25) is 0 Å². The molecule has 0 aromatic heterocycles. The summed E-state index contributed by atoms with van der Waals surface area (Å²) in [5.74, 6) is -0.897. The summed E-state index contributed by atoms with van der Waals surface area (Å²) in [6.07, 6.45) is 0. The van der Waals surface area contributed by atoms with Crippen LogP contribution in [0.1, 0.15) is 0 Å². The number of benzene rings is 1. The number of rotatable bonds is 4. The molecule has 20 heavy (non-hydrogen) atoms. The van der Waals surface area contributed by atoms with Crippen LogP contribution < -0.4 is 5.32 Å². The molecular formula is C12H11N3O4S. The summed E-state index contributed by atoms with van der Waals surface area (Å²) in [6, 6.07) is 5.79. The van der Waals surface area contributed by atoms with Gasteiger partial charge in [0.2, 0.25) is 0 Å². The summed E-state index contributed by atoms with van der Waals surface area (Å²) in [5.41, 5.74) is 0.265. The number of nitro groups is 1. The number of carbonyl (C=O) groups is 2. The van der Waals surface area contributed by atoms with Crippen molar-refractivity contribution in [3.63, 3.8) is 0 Å². The second-order valence-corrected chi connectivity index (χ2v) is 5.29. The van der Waals surface area contributed by atoms with E-state index < -0.39 is 16.7 Å². The average Bonchev–Trinajstić information content (AvgIpc) is 2.64. The minimum Gasteiger partial charge on any atom is -0.372 e. The Bertz CT molecular complexity index is 622. The van der Waals surface area contributed by atoms with E-state index in [1.54, 1.807) is 31.1 Å². The number of nitro benzene ring substituents is 1. The van der Waals surface area contributed by atoms with E-state index in [1.807, 2.05) is 0 Å². The summed E-state index contributed by atoms with van der Waals surface area (Å²) in [5, 5.41) is 12.8. The first kappa shape index (κ1) is 14.1. The highest BCUT2D eigenvalue weighted by Crippen LogP contribution is 2.33. The number of hydrogen-bond donors (Lipinski definition) is 1. The second-order valence-electron chi connectivity index (χ2n) is 4.21. The van der Waals surface area contributed by atoms with E-state index in [1.165, 1.54) is 12.1 Å². The van der Waals surface area contributed by atoms with Gasteiger partial charge in [-0.3, -0.25) is 25.0 Å². The number of hydrogen-bond acceptors (Lipinski definition) is 6. The highest BCUT2D eigenvalue weighted by atomic mass is 32.2. The van der Waals surface area contributed by atoms with Gasteiger partial charge in [0, 0.05) is 31.1 Å². The van der Waals surface area contributed by atoms with E-state index in [0.717, 1.165) is 11.8 Å². The molecule has 8 heteroatoms. The lowest BCUT2D eigenvalue weighted by molar-refractivity contribution is -0.384. The fourth-order valence-corrected chi connectivity index (χ4v) is 2.71. The maximum Gasteiger partial charge on any atom is 0.275 e. The number of nitrogens with one attached hydrogen (secondary N) is 1. The summed E-state index contributed by atoms with van der Waals surface area (Å²) >= 11 is 1.10. The molecule has 1 aromatic carbocycles. The van der Waals surface area contributed by atoms with Crippen molar-refractivity contribution in [2.75, 3.05) is 14.1 Å². The van der Waals surface area contributed by atoms with Gasteiger partial charge in [0.25, 0.3) is 17.5 Å². The van der Waals surface area contributed by atoms with Crippen molar-refractivity contribution in [2.24, 2.45) is 0 Å². The molecule has 0 saturated carbocycles. The maximum absolute atomic E-state index is 11.7. The van der Waals surface area contributed by atoms with Gasteiger partial charge in [-0.1, -0.05) is 11.8 Å². The molecule has 0 saturated heterocycles. The summed E-state index contributed by atoms with van der Waals surface area (Å²) in [6.45, 7) is 0. The molecule has 0 spiro atoms. The first-order valence-corrected chi connectivity index (χ1v) is 6.41. The van der Waals surface area contributed by atoms with Crippen molar-refractivity contribution in [2.45, 2.75) is 4.90 Å². The fraction of sp³-hybridized carbons (Fsp3) is 0.167. The Balaban J connectivity index is 2.30. The highest BCUT2D eigenvalue weighted by Gasteiger charge is 2.32. The van der Waals surface area contributed by atoms with Crippen LogP contribution >= 0.6 is 11.8 Å². The van der Waals surface area contributed by atoms with Gasteiger partial charge in [-0.05, 0) is 12.1 Å². The smallest absolute Gasteiger partial charge is 0.275 e. The molecule has 1 aromatic rings. The van der Waals surface area contributed by atoms with Crippen LogP contribution in [0.5, 0.6) is 0 Å². The van der Waals surface area contributed by atoms with E-state index >= 15 is 0 Å². The normalized spacial score (nSPS) is 14.5. The van der Waals surface area contributed by atoms with Crippen LogP contribution in [0.3, 0.4) is 0 Å². The van der Waals surface area contributed by atoms with Crippen molar-refractivity contribution in [1.82, 2.24) is 10.2 Å². The van der Waals surface area contributed by atoms with E-state index in [9.17, 15) is 19.7 Å². The molecule has 0 fully saturated rings. The Morgan fingerprint density at radius 2 is 1.75 bits per heavy atom. The maximum atomic E-state index is 11.7. The minimum atomic E-state index is -0.495. The van der Waals surface area contributed by atoms with Crippen LogP contribution in [-0.4, -0.2) is 35.7 Å². The monoisotopic (exact) mass is 293 g/mol. The minimum absolute atomic E-state index is 0.0249. The quantitative estimate of drug-likeness (QED) is 0.508. The van der Waals surface area contributed by atoms with Crippen LogP contribution in [0, 0.1) is 10.1 Å². The van der Waals surface area contributed by atoms with Crippen LogP contribution in [-0.2, 0) is 9.59 Å². The second kappa shape index (κ2) is 5.33. The first-order chi connectivity index (χ1) is 9.40. The summed E-state index contributed by atoms with van der Waals surface area (Å²) in [4.78, 5) is 35.9. The van der Waals surface area contributed by atoms with E-state index in [-0.39, 0.29) is 10.6 Å². The zero-order valence-electron chi connectivity index (χ0n) is 10.7. The Hall–Kier alpha value is -2.35. The molecule has 0 aliphatic carbocycles. The Kier molecular flexibility index (Phi) is 3.75. The van der Waals surface area contributed by atoms with Gasteiger partial charge in [0.05, 0.1) is 4.92 Å². The molecule has 2 rings (SSSR count). The SMILES string of the molecule is CN(C)C1=C(Sc2ccc([N+](=O)[O-])cc2)C(=O)NC1=O. The summed E-state index contributed by atoms with van der Waals surface area (Å²) < 4.78 is 0. The predicted octanol–water partition coefficient (Wildman–Crippen LogP) is 1.12. The number of imide groups is 1.